The molecule has 0 aliphatic rings. The molecule has 15 heavy (non-hydrogen) atoms. The summed E-state index contributed by atoms with van der Waals surface area (Å²) in [5.41, 5.74) is 3.92. The van der Waals surface area contributed by atoms with Gasteiger partial charge < -0.3 is 4.57 Å². The summed E-state index contributed by atoms with van der Waals surface area (Å²) < 4.78 is 1.91. The van der Waals surface area contributed by atoms with Gasteiger partial charge in [-0.1, -0.05) is 30.3 Å². The van der Waals surface area contributed by atoms with Crippen LogP contribution in [0.1, 0.15) is 16.2 Å². The van der Waals surface area contributed by atoms with Gasteiger partial charge in [0.05, 0.1) is 5.69 Å². The van der Waals surface area contributed by atoms with Crippen molar-refractivity contribution in [2.45, 2.75) is 6.92 Å². The third kappa shape index (κ3) is 1.59. The topological polar surface area (TPSA) is 22.0 Å². The van der Waals surface area contributed by atoms with Crippen molar-refractivity contribution in [3.63, 3.8) is 0 Å². The SMILES string of the molecule is Cc1cc(-c2ccccc2)c(C=O)n1C. The van der Waals surface area contributed by atoms with Gasteiger partial charge in [-0.3, -0.25) is 4.79 Å². The molecule has 2 heteroatoms. The molecule has 1 aromatic carbocycles. The second-order valence-electron chi connectivity index (χ2n) is 3.63. The lowest BCUT2D eigenvalue weighted by molar-refractivity contribution is 0.111. The molecule has 2 nitrogen and oxygen atoms in total. The number of aryl methyl sites for hydroxylation is 1. The second-order valence-corrected chi connectivity index (χ2v) is 3.63. The summed E-state index contributed by atoms with van der Waals surface area (Å²) in [6.45, 7) is 2.00. The van der Waals surface area contributed by atoms with Crippen LogP contribution in [0.3, 0.4) is 0 Å². The van der Waals surface area contributed by atoms with Gasteiger partial charge in [-0.2, -0.15) is 0 Å². The van der Waals surface area contributed by atoms with Gasteiger partial charge in [0, 0.05) is 18.3 Å². The zero-order valence-corrected chi connectivity index (χ0v) is 8.90. The molecule has 0 amide bonds. The van der Waals surface area contributed by atoms with E-state index in [2.05, 4.69) is 0 Å². The van der Waals surface area contributed by atoms with Crippen LogP contribution in [0.2, 0.25) is 0 Å². The minimum absolute atomic E-state index is 0.735. The van der Waals surface area contributed by atoms with E-state index in [9.17, 15) is 4.79 Å². The number of aldehydes is 1. The Bertz CT molecular complexity index is 483. The van der Waals surface area contributed by atoms with Gasteiger partial charge >= 0.3 is 0 Å². The average molecular weight is 199 g/mol. The van der Waals surface area contributed by atoms with Crippen LogP contribution in [0.15, 0.2) is 36.4 Å². The Morgan fingerprint density at radius 1 is 1.20 bits per heavy atom. The molecule has 0 unspecified atom stereocenters. The normalized spacial score (nSPS) is 10.3. The molecule has 2 aromatic rings. The van der Waals surface area contributed by atoms with Crippen LogP contribution in [0, 0.1) is 6.92 Å². The molecular formula is C13H13NO. The Morgan fingerprint density at radius 3 is 2.47 bits per heavy atom. The lowest BCUT2D eigenvalue weighted by Crippen LogP contribution is -1.97. The van der Waals surface area contributed by atoms with E-state index in [1.165, 1.54) is 0 Å². The van der Waals surface area contributed by atoms with Gasteiger partial charge in [0.2, 0.25) is 0 Å². The maximum absolute atomic E-state index is 11.0. The Morgan fingerprint density at radius 2 is 1.87 bits per heavy atom. The lowest BCUT2D eigenvalue weighted by atomic mass is 10.1. The molecule has 0 N–H and O–H groups in total. The fraction of sp³-hybridized carbons (Fsp3) is 0.154. The van der Waals surface area contributed by atoms with E-state index in [0.717, 1.165) is 28.8 Å². The Balaban J connectivity index is 2.63. The molecule has 0 saturated heterocycles. The van der Waals surface area contributed by atoms with E-state index in [-0.39, 0.29) is 0 Å². The van der Waals surface area contributed by atoms with Crippen molar-refractivity contribution < 1.29 is 4.79 Å². The molecule has 0 fully saturated rings. The van der Waals surface area contributed by atoms with Crippen LogP contribution in [0.25, 0.3) is 11.1 Å². The van der Waals surface area contributed by atoms with Gasteiger partial charge in [-0.15, -0.1) is 0 Å². The van der Waals surface area contributed by atoms with E-state index >= 15 is 0 Å². The minimum Gasteiger partial charge on any atom is -0.345 e. The first kappa shape index (κ1) is 9.71. The van der Waals surface area contributed by atoms with Crippen LogP contribution in [-0.4, -0.2) is 10.9 Å². The highest BCUT2D eigenvalue weighted by Gasteiger charge is 2.10. The Kier molecular flexibility index (Phi) is 2.42. The highest BCUT2D eigenvalue weighted by Crippen LogP contribution is 2.25. The van der Waals surface area contributed by atoms with Crippen molar-refractivity contribution in [1.82, 2.24) is 4.57 Å². The van der Waals surface area contributed by atoms with Crippen LogP contribution in [0.4, 0.5) is 0 Å². The van der Waals surface area contributed by atoms with Crippen molar-refractivity contribution in [3.8, 4) is 11.1 Å². The van der Waals surface area contributed by atoms with Gasteiger partial charge in [0.15, 0.2) is 6.29 Å². The molecule has 0 atom stereocenters. The monoisotopic (exact) mass is 199 g/mol. The molecule has 0 aliphatic carbocycles. The van der Waals surface area contributed by atoms with Crippen LogP contribution in [0.5, 0.6) is 0 Å². The number of hydrogen-bond donors (Lipinski definition) is 0. The maximum Gasteiger partial charge on any atom is 0.167 e. The Labute approximate surface area is 89.2 Å². The van der Waals surface area contributed by atoms with Crippen LogP contribution < -0.4 is 0 Å². The summed E-state index contributed by atoms with van der Waals surface area (Å²) in [5, 5.41) is 0. The van der Waals surface area contributed by atoms with Crippen molar-refractivity contribution in [2.24, 2.45) is 7.05 Å². The molecule has 76 valence electrons. The summed E-state index contributed by atoms with van der Waals surface area (Å²) in [7, 11) is 1.91. The highest BCUT2D eigenvalue weighted by molar-refractivity contribution is 5.86. The molecule has 0 aliphatic heterocycles. The highest BCUT2D eigenvalue weighted by atomic mass is 16.1. The van der Waals surface area contributed by atoms with Crippen molar-refractivity contribution in [3.05, 3.63) is 47.8 Å². The van der Waals surface area contributed by atoms with Gasteiger partial charge in [-0.25, -0.2) is 0 Å². The van der Waals surface area contributed by atoms with Crippen LogP contribution in [-0.2, 0) is 7.05 Å². The standard InChI is InChI=1S/C13H13NO/c1-10-8-12(13(9-15)14(10)2)11-6-4-3-5-7-11/h3-9H,1-2H3. The third-order valence-corrected chi connectivity index (χ3v) is 2.72. The molecule has 0 saturated carbocycles. The summed E-state index contributed by atoms with van der Waals surface area (Å²) in [6, 6.07) is 12.0. The first-order valence-electron chi connectivity index (χ1n) is 4.91. The quantitative estimate of drug-likeness (QED) is 0.682. The first-order chi connectivity index (χ1) is 7.24. The fourth-order valence-corrected chi connectivity index (χ4v) is 1.74. The van der Waals surface area contributed by atoms with Gasteiger partial charge in [0.25, 0.3) is 0 Å². The predicted octanol–water partition coefficient (Wildman–Crippen LogP) is 2.81. The molecule has 0 radical (unpaired) electrons. The lowest BCUT2D eigenvalue weighted by Gasteiger charge is -2.01. The van der Waals surface area contributed by atoms with Gasteiger partial charge in [-0.05, 0) is 18.6 Å². The molecule has 0 bridgehead atoms. The largest absolute Gasteiger partial charge is 0.345 e. The number of carbonyl (C=O) groups excluding carboxylic acids is 1. The van der Waals surface area contributed by atoms with E-state index in [4.69, 9.17) is 0 Å². The number of carbonyl (C=O) groups is 1. The first-order valence-corrected chi connectivity index (χ1v) is 4.91. The molecule has 1 heterocycles. The van der Waals surface area contributed by atoms with Crippen molar-refractivity contribution in [2.75, 3.05) is 0 Å². The summed E-state index contributed by atoms with van der Waals surface area (Å²) in [5.74, 6) is 0. The second kappa shape index (κ2) is 3.73. The van der Waals surface area contributed by atoms with Crippen molar-refractivity contribution >= 4 is 6.29 Å². The number of hydrogen-bond acceptors (Lipinski definition) is 1. The average Bonchev–Trinajstić information content (AvgIpc) is 2.56. The number of nitrogens with zero attached hydrogens (tertiary/aromatic N) is 1. The number of aromatic nitrogens is 1. The summed E-state index contributed by atoms with van der Waals surface area (Å²) >= 11 is 0. The summed E-state index contributed by atoms with van der Waals surface area (Å²) in [4.78, 5) is 11.0. The zero-order chi connectivity index (χ0) is 10.8. The maximum atomic E-state index is 11.0. The van der Waals surface area contributed by atoms with E-state index < -0.39 is 0 Å². The van der Waals surface area contributed by atoms with E-state index in [0.29, 0.717) is 0 Å². The molecular weight excluding hydrogens is 186 g/mol. The smallest absolute Gasteiger partial charge is 0.167 e. The molecule has 2 rings (SSSR count). The third-order valence-electron chi connectivity index (χ3n) is 2.72. The van der Waals surface area contributed by atoms with Gasteiger partial charge in [0.1, 0.15) is 0 Å². The number of benzene rings is 1. The molecule has 0 spiro atoms. The van der Waals surface area contributed by atoms with E-state index in [1.807, 2.05) is 54.9 Å². The van der Waals surface area contributed by atoms with E-state index in [1.54, 1.807) is 0 Å². The Hall–Kier alpha value is -1.83. The predicted molar refractivity (Wildman–Crippen MR) is 61.0 cm³/mol. The van der Waals surface area contributed by atoms with Crippen LogP contribution >= 0.6 is 0 Å². The number of rotatable bonds is 2. The summed E-state index contributed by atoms with van der Waals surface area (Å²) in [6.07, 6.45) is 0.912. The molecule has 1 aromatic heterocycles. The minimum atomic E-state index is 0.735. The fourth-order valence-electron chi connectivity index (χ4n) is 1.74. The zero-order valence-electron chi connectivity index (χ0n) is 8.90. The van der Waals surface area contributed by atoms with Crippen molar-refractivity contribution in [1.29, 1.82) is 0 Å².